The van der Waals surface area contributed by atoms with Crippen molar-refractivity contribution in [2.75, 3.05) is 5.32 Å². The molecule has 0 aliphatic carbocycles. The van der Waals surface area contributed by atoms with Crippen molar-refractivity contribution in [2.45, 2.75) is 20.4 Å². The number of aryl methyl sites for hydroxylation is 2. The summed E-state index contributed by atoms with van der Waals surface area (Å²) in [6.07, 6.45) is 0. The molecule has 0 saturated heterocycles. The monoisotopic (exact) mass is 390 g/mol. The minimum atomic E-state index is -0.335. The third-order valence-electron chi connectivity index (χ3n) is 4.50. The smallest absolute Gasteiger partial charge is 0.267 e. The summed E-state index contributed by atoms with van der Waals surface area (Å²) in [4.78, 5) is 29.9. The first-order valence-electron chi connectivity index (χ1n) is 8.81. The van der Waals surface area contributed by atoms with E-state index in [2.05, 4.69) is 15.4 Å². The van der Waals surface area contributed by atoms with E-state index >= 15 is 0 Å². The number of amides is 1. The van der Waals surface area contributed by atoms with E-state index in [1.54, 1.807) is 6.07 Å². The Kier molecular flexibility index (Phi) is 4.75. The maximum atomic E-state index is 12.4. The minimum absolute atomic E-state index is 0.172. The van der Waals surface area contributed by atoms with Gasteiger partial charge >= 0.3 is 0 Å². The molecule has 0 fully saturated rings. The van der Waals surface area contributed by atoms with Crippen LogP contribution in [0.1, 0.15) is 10.6 Å². The molecule has 2 heterocycles. The largest absolute Gasteiger partial charge is 0.300 e. The fourth-order valence-corrected chi connectivity index (χ4v) is 3.81. The number of hydrogen-bond donors (Lipinski definition) is 1. The number of rotatable bonds is 4. The van der Waals surface area contributed by atoms with E-state index in [0.29, 0.717) is 10.8 Å². The molecule has 2 aromatic carbocycles. The first-order valence-corrected chi connectivity index (χ1v) is 9.63. The Balaban J connectivity index is 1.64. The molecule has 7 heteroatoms. The van der Waals surface area contributed by atoms with Crippen LogP contribution in [0.4, 0.5) is 5.13 Å². The number of carbonyl (C=O) groups excluding carboxylic acids is 1. The highest BCUT2D eigenvalue weighted by atomic mass is 32.1. The van der Waals surface area contributed by atoms with Gasteiger partial charge in [0, 0.05) is 16.5 Å². The van der Waals surface area contributed by atoms with Gasteiger partial charge in [0.2, 0.25) is 5.91 Å². The van der Waals surface area contributed by atoms with Crippen LogP contribution in [0.25, 0.3) is 22.0 Å². The van der Waals surface area contributed by atoms with Crippen molar-refractivity contribution in [1.82, 2.24) is 14.8 Å². The molecular weight excluding hydrogens is 372 g/mol. The zero-order valence-electron chi connectivity index (χ0n) is 15.5. The quantitative estimate of drug-likeness (QED) is 0.575. The van der Waals surface area contributed by atoms with Crippen LogP contribution >= 0.6 is 11.3 Å². The van der Waals surface area contributed by atoms with Crippen LogP contribution in [0, 0.1) is 13.8 Å². The second-order valence-electron chi connectivity index (χ2n) is 6.45. The maximum absolute atomic E-state index is 12.4. The second-order valence-corrected chi connectivity index (χ2v) is 7.65. The molecule has 2 aromatic heterocycles. The summed E-state index contributed by atoms with van der Waals surface area (Å²) in [6, 6.07) is 17.1. The maximum Gasteiger partial charge on any atom is 0.267 e. The number of nitrogens with zero attached hydrogens (tertiary/aromatic N) is 3. The zero-order valence-corrected chi connectivity index (χ0v) is 16.3. The number of anilines is 1. The summed E-state index contributed by atoms with van der Waals surface area (Å²) in [5.74, 6) is -0.335. The summed E-state index contributed by atoms with van der Waals surface area (Å²) in [6.45, 7) is 3.67. The van der Waals surface area contributed by atoms with Crippen LogP contribution in [0.3, 0.4) is 0 Å². The highest BCUT2D eigenvalue weighted by Gasteiger charge is 2.12. The molecule has 28 heavy (non-hydrogen) atoms. The number of thiazole rings is 1. The van der Waals surface area contributed by atoms with Crippen LogP contribution in [0.5, 0.6) is 0 Å². The molecule has 0 spiro atoms. The highest BCUT2D eigenvalue weighted by Crippen LogP contribution is 2.26. The number of aromatic nitrogens is 3. The standard InChI is InChI=1S/C21H18N4O2S/c1-13-14(2)28-21(22-13)23-19(26)12-25-20(27)11-10-18(24-25)17-9-5-7-15-6-3-4-8-16(15)17/h3-11H,12H2,1-2H3,(H,22,23,26). The molecule has 0 radical (unpaired) electrons. The summed E-state index contributed by atoms with van der Waals surface area (Å²) < 4.78 is 1.18. The molecular formula is C21H18N4O2S. The molecule has 4 aromatic rings. The summed E-state index contributed by atoms with van der Waals surface area (Å²) in [5, 5.41) is 9.82. The van der Waals surface area contributed by atoms with E-state index in [1.165, 1.54) is 22.1 Å². The van der Waals surface area contributed by atoms with Gasteiger partial charge in [0.1, 0.15) is 6.54 Å². The summed E-state index contributed by atoms with van der Waals surface area (Å²) in [5.41, 5.74) is 2.11. The topological polar surface area (TPSA) is 76.9 Å². The lowest BCUT2D eigenvalue weighted by Crippen LogP contribution is -2.29. The fraction of sp³-hybridized carbons (Fsp3) is 0.143. The number of hydrogen-bond acceptors (Lipinski definition) is 5. The van der Waals surface area contributed by atoms with Crippen LogP contribution in [0.2, 0.25) is 0 Å². The average molecular weight is 390 g/mol. The predicted molar refractivity (Wildman–Crippen MR) is 112 cm³/mol. The van der Waals surface area contributed by atoms with E-state index in [9.17, 15) is 9.59 Å². The molecule has 0 atom stereocenters. The lowest BCUT2D eigenvalue weighted by Gasteiger charge is -2.09. The molecule has 6 nitrogen and oxygen atoms in total. The number of nitrogens with one attached hydrogen (secondary N) is 1. The third kappa shape index (κ3) is 3.57. The fourth-order valence-electron chi connectivity index (χ4n) is 2.98. The molecule has 1 amide bonds. The third-order valence-corrected chi connectivity index (χ3v) is 5.49. The Hall–Kier alpha value is -3.32. The van der Waals surface area contributed by atoms with Gasteiger partial charge in [-0.15, -0.1) is 11.3 Å². The van der Waals surface area contributed by atoms with Crippen LogP contribution in [-0.4, -0.2) is 20.7 Å². The van der Waals surface area contributed by atoms with E-state index in [0.717, 1.165) is 26.9 Å². The molecule has 140 valence electrons. The summed E-state index contributed by atoms with van der Waals surface area (Å²) in [7, 11) is 0. The summed E-state index contributed by atoms with van der Waals surface area (Å²) >= 11 is 1.41. The number of carbonyl (C=O) groups is 1. The van der Waals surface area contributed by atoms with E-state index in [1.807, 2.05) is 56.3 Å². The van der Waals surface area contributed by atoms with E-state index in [-0.39, 0.29) is 18.0 Å². The number of benzene rings is 2. The minimum Gasteiger partial charge on any atom is -0.300 e. The van der Waals surface area contributed by atoms with Crippen molar-refractivity contribution < 1.29 is 4.79 Å². The van der Waals surface area contributed by atoms with E-state index < -0.39 is 0 Å². The van der Waals surface area contributed by atoms with Crippen LogP contribution < -0.4 is 10.9 Å². The molecule has 0 bridgehead atoms. The number of fused-ring (bicyclic) bond motifs is 1. The Morgan fingerprint density at radius 3 is 2.64 bits per heavy atom. The van der Waals surface area contributed by atoms with Gasteiger partial charge in [0.05, 0.1) is 11.4 Å². The van der Waals surface area contributed by atoms with Gasteiger partial charge in [-0.1, -0.05) is 42.5 Å². The van der Waals surface area contributed by atoms with Crippen molar-refractivity contribution in [3.05, 3.63) is 75.5 Å². The van der Waals surface area contributed by atoms with Crippen molar-refractivity contribution in [3.63, 3.8) is 0 Å². The van der Waals surface area contributed by atoms with Gasteiger partial charge in [-0.2, -0.15) is 5.10 Å². The molecule has 0 aliphatic rings. The van der Waals surface area contributed by atoms with Crippen molar-refractivity contribution in [2.24, 2.45) is 0 Å². The van der Waals surface area contributed by atoms with Crippen LogP contribution in [-0.2, 0) is 11.3 Å². The Labute approximate surface area is 165 Å². The van der Waals surface area contributed by atoms with Crippen LogP contribution in [0.15, 0.2) is 59.4 Å². The Morgan fingerprint density at radius 2 is 1.86 bits per heavy atom. The lowest BCUT2D eigenvalue weighted by atomic mass is 10.0. The van der Waals surface area contributed by atoms with Gasteiger partial charge in [0.15, 0.2) is 5.13 Å². The highest BCUT2D eigenvalue weighted by molar-refractivity contribution is 7.15. The molecule has 4 rings (SSSR count). The van der Waals surface area contributed by atoms with E-state index in [4.69, 9.17) is 0 Å². The Bertz CT molecular complexity index is 1220. The van der Waals surface area contributed by atoms with Gasteiger partial charge < -0.3 is 5.32 Å². The zero-order chi connectivity index (χ0) is 19.7. The SMILES string of the molecule is Cc1nc(NC(=O)Cn2nc(-c3cccc4ccccc34)ccc2=O)sc1C. The molecule has 0 unspecified atom stereocenters. The van der Waals surface area contributed by atoms with Gasteiger partial charge in [-0.05, 0) is 30.7 Å². The van der Waals surface area contributed by atoms with Gasteiger partial charge in [-0.3, -0.25) is 9.59 Å². The van der Waals surface area contributed by atoms with Gasteiger partial charge in [0.25, 0.3) is 5.56 Å². The molecule has 0 saturated carbocycles. The van der Waals surface area contributed by atoms with Crippen molar-refractivity contribution >= 4 is 33.1 Å². The molecule has 1 N–H and O–H groups in total. The lowest BCUT2D eigenvalue weighted by molar-refractivity contribution is -0.117. The van der Waals surface area contributed by atoms with Gasteiger partial charge in [-0.25, -0.2) is 9.67 Å². The first-order chi connectivity index (χ1) is 13.5. The second kappa shape index (κ2) is 7.36. The average Bonchev–Trinajstić information content (AvgIpc) is 3.00. The van der Waals surface area contributed by atoms with Crippen molar-refractivity contribution in [1.29, 1.82) is 0 Å². The molecule has 0 aliphatic heterocycles. The first kappa shape index (κ1) is 18.1. The normalized spacial score (nSPS) is 10.9. The Morgan fingerprint density at radius 1 is 1.07 bits per heavy atom. The van der Waals surface area contributed by atoms with Crippen molar-refractivity contribution in [3.8, 4) is 11.3 Å². The predicted octanol–water partition coefficient (Wildman–Crippen LogP) is 3.78.